The van der Waals surface area contributed by atoms with Gasteiger partial charge in [0.2, 0.25) is 0 Å². The molecule has 0 aromatic rings. The second-order valence-electron chi connectivity index (χ2n) is 5.54. The fourth-order valence-electron chi connectivity index (χ4n) is 2.20. The van der Waals surface area contributed by atoms with E-state index in [1.54, 1.807) is 0 Å². The second-order valence-corrected chi connectivity index (χ2v) is 5.54. The summed E-state index contributed by atoms with van der Waals surface area (Å²) in [6.45, 7) is 13.2. The Morgan fingerprint density at radius 1 is 1.36 bits per heavy atom. The van der Waals surface area contributed by atoms with E-state index in [1.807, 2.05) is 0 Å². The number of ether oxygens (including phenoxy) is 1. The monoisotopic (exact) mass is 199 g/mol. The van der Waals surface area contributed by atoms with Gasteiger partial charge in [0.05, 0.1) is 12.7 Å². The fraction of sp³-hybridized carbons (Fsp3) is 1.00. The Hall–Kier alpha value is -0.0800. The highest BCUT2D eigenvalue weighted by Crippen LogP contribution is 2.26. The van der Waals surface area contributed by atoms with Crippen LogP contribution in [0.5, 0.6) is 0 Å². The van der Waals surface area contributed by atoms with Gasteiger partial charge in [-0.3, -0.25) is 4.90 Å². The van der Waals surface area contributed by atoms with Crippen molar-refractivity contribution in [3.63, 3.8) is 0 Å². The van der Waals surface area contributed by atoms with Crippen LogP contribution in [0.4, 0.5) is 0 Å². The van der Waals surface area contributed by atoms with Gasteiger partial charge in [-0.2, -0.15) is 0 Å². The molecule has 2 nitrogen and oxygen atoms in total. The predicted octanol–water partition coefficient (Wildman–Crippen LogP) is 2.67. The summed E-state index contributed by atoms with van der Waals surface area (Å²) in [6, 6.07) is 0.636. The molecule has 0 N–H and O–H groups in total. The fourth-order valence-corrected chi connectivity index (χ4v) is 2.20. The third-order valence-electron chi connectivity index (χ3n) is 2.86. The van der Waals surface area contributed by atoms with E-state index in [-0.39, 0.29) is 0 Å². The first-order chi connectivity index (χ1) is 6.41. The Balaban J connectivity index is 2.43. The van der Waals surface area contributed by atoms with Gasteiger partial charge in [0.1, 0.15) is 0 Å². The number of rotatable bonds is 3. The van der Waals surface area contributed by atoms with Crippen LogP contribution in [0.2, 0.25) is 0 Å². The van der Waals surface area contributed by atoms with Crippen LogP contribution in [-0.2, 0) is 4.74 Å². The smallest absolute Gasteiger partial charge is 0.0625 e. The van der Waals surface area contributed by atoms with Crippen molar-refractivity contribution in [1.82, 2.24) is 4.90 Å². The van der Waals surface area contributed by atoms with E-state index in [0.29, 0.717) is 17.7 Å². The van der Waals surface area contributed by atoms with Crippen LogP contribution in [0.1, 0.15) is 47.5 Å². The van der Waals surface area contributed by atoms with Gasteiger partial charge in [-0.25, -0.2) is 0 Å². The van der Waals surface area contributed by atoms with E-state index in [1.165, 1.54) is 19.4 Å². The topological polar surface area (TPSA) is 12.5 Å². The van der Waals surface area contributed by atoms with Gasteiger partial charge in [-0.1, -0.05) is 0 Å². The van der Waals surface area contributed by atoms with Gasteiger partial charge in [0.25, 0.3) is 0 Å². The molecule has 1 heterocycles. The molecule has 0 bridgehead atoms. The van der Waals surface area contributed by atoms with Crippen molar-refractivity contribution in [3.05, 3.63) is 0 Å². The molecule has 0 aliphatic carbocycles. The van der Waals surface area contributed by atoms with Gasteiger partial charge in [0, 0.05) is 11.6 Å². The van der Waals surface area contributed by atoms with E-state index in [2.05, 4.69) is 39.5 Å². The SMILES string of the molecule is CC(C)OCC1CCCN1C(C)(C)C. The zero-order valence-corrected chi connectivity index (χ0v) is 10.3. The first-order valence-corrected chi connectivity index (χ1v) is 5.79. The molecule has 1 unspecified atom stereocenters. The van der Waals surface area contributed by atoms with Crippen LogP contribution >= 0.6 is 0 Å². The Kier molecular flexibility index (Phi) is 3.96. The minimum atomic E-state index is 0.293. The third-order valence-corrected chi connectivity index (χ3v) is 2.86. The normalized spacial score (nSPS) is 24.9. The zero-order chi connectivity index (χ0) is 10.8. The summed E-state index contributed by atoms with van der Waals surface area (Å²) < 4.78 is 5.71. The molecule has 0 radical (unpaired) electrons. The van der Waals surface area contributed by atoms with Crippen molar-refractivity contribution in [2.24, 2.45) is 0 Å². The number of nitrogens with zero attached hydrogens (tertiary/aromatic N) is 1. The van der Waals surface area contributed by atoms with Crippen LogP contribution in [0.3, 0.4) is 0 Å². The Morgan fingerprint density at radius 3 is 2.50 bits per heavy atom. The lowest BCUT2D eigenvalue weighted by molar-refractivity contribution is 0.0119. The lowest BCUT2D eigenvalue weighted by atomic mass is 10.1. The molecule has 84 valence electrons. The summed E-state index contributed by atoms with van der Waals surface area (Å²) in [5, 5.41) is 0. The summed E-state index contributed by atoms with van der Waals surface area (Å²) in [7, 11) is 0. The summed E-state index contributed by atoms with van der Waals surface area (Å²) in [6.07, 6.45) is 2.98. The Bertz CT molecular complexity index is 172. The maximum atomic E-state index is 5.71. The molecular formula is C12H25NO. The van der Waals surface area contributed by atoms with Crippen LogP contribution < -0.4 is 0 Å². The molecule has 0 amide bonds. The van der Waals surface area contributed by atoms with E-state index >= 15 is 0 Å². The van der Waals surface area contributed by atoms with Crippen LogP contribution in [0.25, 0.3) is 0 Å². The van der Waals surface area contributed by atoms with Crippen molar-refractivity contribution < 1.29 is 4.74 Å². The molecular weight excluding hydrogens is 174 g/mol. The van der Waals surface area contributed by atoms with E-state index < -0.39 is 0 Å². The van der Waals surface area contributed by atoms with Gasteiger partial charge in [-0.15, -0.1) is 0 Å². The highest BCUT2D eigenvalue weighted by atomic mass is 16.5. The minimum absolute atomic E-state index is 0.293. The largest absolute Gasteiger partial charge is 0.377 e. The summed E-state index contributed by atoms with van der Waals surface area (Å²) in [5.41, 5.74) is 0.293. The highest BCUT2D eigenvalue weighted by molar-refractivity contribution is 4.87. The minimum Gasteiger partial charge on any atom is -0.377 e. The maximum absolute atomic E-state index is 5.71. The lowest BCUT2D eigenvalue weighted by Crippen LogP contribution is -2.46. The quantitative estimate of drug-likeness (QED) is 0.693. The van der Waals surface area contributed by atoms with Gasteiger partial charge in [-0.05, 0) is 54.0 Å². The number of likely N-dealkylation sites (tertiary alicyclic amines) is 1. The molecule has 1 fully saturated rings. The highest BCUT2D eigenvalue weighted by Gasteiger charge is 2.32. The molecule has 0 saturated carbocycles. The number of hydrogen-bond acceptors (Lipinski definition) is 2. The van der Waals surface area contributed by atoms with Crippen LogP contribution in [-0.4, -0.2) is 35.7 Å². The van der Waals surface area contributed by atoms with Crippen LogP contribution in [0, 0.1) is 0 Å². The van der Waals surface area contributed by atoms with Gasteiger partial charge in [0.15, 0.2) is 0 Å². The van der Waals surface area contributed by atoms with Crippen molar-refractivity contribution >= 4 is 0 Å². The average molecular weight is 199 g/mol. The lowest BCUT2D eigenvalue weighted by Gasteiger charge is -2.37. The van der Waals surface area contributed by atoms with E-state index in [9.17, 15) is 0 Å². The summed E-state index contributed by atoms with van der Waals surface area (Å²) >= 11 is 0. The Morgan fingerprint density at radius 2 is 2.00 bits per heavy atom. The average Bonchev–Trinajstić information content (AvgIpc) is 2.46. The van der Waals surface area contributed by atoms with Crippen molar-refractivity contribution in [2.45, 2.75) is 65.1 Å². The molecule has 0 aromatic carbocycles. The maximum Gasteiger partial charge on any atom is 0.0625 e. The molecule has 1 atom stereocenters. The zero-order valence-electron chi connectivity index (χ0n) is 10.3. The van der Waals surface area contributed by atoms with Crippen molar-refractivity contribution in [1.29, 1.82) is 0 Å². The second kappa shape index (κ2) is 4.63. The molecule has 1 aliphatic rings. The molecule has 2 heteroatoms. The number of hydrogen-bond donors (Lipinski definition) is 0. The van der Waals surface area contributed by atoms with Crippen molar-refractivity contribution in [3.8, 4) is 0 Å². The Labute approximate surface area is 88.6 Å². The molecule has 0 spiro atoms. The summed E-state index contributed by atoms with van der Waals surface area (Å²) in [4.78, 5) is 2.58. The summed E-state index contributed by atoms with van der Waals surface area (Å²) in [5.74, 6) is 0. The van der Waals surface area contributed by atoms with Gasteiger partial charge < -0.3 is 4.74 Å². The van der Waals surface area contributed by atoms with Gasteiger partial charge >= 0.3 is 0 Å². The molecule has 1 rings (SSSR count). The van der Waals surface area contributed by atoms with Crippen molar-refractivity contribution in [2.75, 3.05) is 13.2 Å². The first-order valence-electron chi connectivity index (χ1n) is 5.79. The third kappa shape index (κ3) is 3.25. The predicted molar refractivity (Wildman–Crippen MR) is 60.6 cm³/mol. The standard InChI is InChI=1S/C12H25NO/c1-10(2)14-9-11-7-6-8-13(11)12(3,4)5/h10-11H,6-9H2,1-5H3. The first kappa shape index (κ1) is 12.0. The molecule has 14 heavy (non-hydrogen) atoms. The molecule has 0 aromatic heterocycles. The van der Waals surface area contributed by atoms with E-state index in [4.69, 9.17) is 4.74 Å². The molecule has 1 aliphatic heterocycles. The molecule has 1 saturated heterocycles. The van der Waals surface area contributed by atoms with Crippen LogP contribution in [0.15, 0.2) is 0 Å². The van der Waals surface area contributed by atoms with E-state index in [0.717, 1.165) is 6.61 Å².